The Balaban J connectivity index is 1.78. The van der Waals surface area contributed by atoms with Gasteiger partial charge in [0.2, 0.25) is 0 Å². The quantitative estimate of drug-likeness (QED) is 0.484. The number of nitrogens with zero attached hydrogens (tertiary/aromatic N) is 3. The molecule has 0 amide bonds. The summed E-state index contributed by atoms with van der Waals surface area (Å²) in [5.41, 5.74) is 5.11. The molecule has 0 spiro atoms. The summed E-state index contributed by atoms with van der Waals surface area (Å²) in [6.07, 6.45) is 4.56. The zero-order valence-electron chi connectivity index (χ0n) is 16.7. The van der Waals surface area contributed by atoms with Gasteiger partial charge in [-0.2, -0.15) is 5.10 Å². The number of hydrogen-bond acceptors (Lipinski definition) is 2. The third-order valence-electron chi connectivity index (χ3n) is 5.62. The molecule has 2 aromatic heterocycles. The lowest BCUT2D eigenvalue weighted by atomic mass is 9.96. The molecule has 7 heteroatoms. The molecule has 154 valence electrons. The molecule has 0 saturated heterocycles. The van der Waals surface area contributed by atoms with E-state index < -0.39 is 6.10 Å². The highest BCUT2D eigenvalue weighted by atomic mass is 79.9. The summed E-state index contributed by atoms with van der Waals surface area (Å²) in [5.74, 6) is 0.389. The SMILES string of the molecule is Cc1cn(CC2CC2)c(Br)c1Cc1c(-c2ccc(F)cc2[C@@H](C)O)nn(C)c1Cl. The predicted octanol–water partition coefficient (Wildman–Crippen LogP) is 5.81. The highest BCUT2D eigenvalue weighted by Gasteiger charge is 2.26. The normalized spacial score (nSPS) is 15.1. The summed E-state index contributed by atoms with van der Waals surface area (Å²) >= 11 is 10.4. The number of hydrogen-bond donors (Lipinski definition) is 1. The standard InChI is InChI=1S/C22H24BrClFN3O/c1-12-10-28(11-14-4-5-14)21(23)17(12)9-19-20(26-27(3)22(19)24)16-7-6-15(25)8-18(16)13(2)29/h6-8,10,13-14,29H,4-5,9,11H2,1-3H3/t13-/m1/s1. The number of rotatable bonds is 6. The molecule has 1 N–H and O–H groups in total. The van der Waals surface area contributed by atoms with Crippen molar-refractivity contribution in [2.45, 2.75) is 45.8 Å². The molecule has 1 aliphatic rings. The second-order valence-electron chi connectivity index (χ2n) is 8.00. The van der Waals surface area contributed by atoms with E-state index in [4.69, 9.17) is 11.6 Å². The minimum Gasteiger partial charge on any atom is -0.389 e. The van der Waals surface area contributed by atoms with Crippen LogP contribution in [-0.2, 0) is 20.0 Å². The summed E-state index contributed by atoms with van der Waals surface area (Å²) in [5, 5.41) is 15.3. The van der Waals surface area contributed by atoms with Gasteiger partial charge in [0.25, 0.3) is 0 Å². The van der Waals surface area contributed by atoms with E-state index in [1.807, 2.05) is 0 Å². The van der Waals surface area contributed by atoms with Crippen LogP contribution in [0, 0.1) is 18.7 Å². The summed E-state index contributed by atoms with van der Waals surface area (Å²) in [4.78, 5) is 0. The number of aliphatic hydroxyl groups excluding tert-OH is 1. The van der Waals surface area contributed by atoms with Crippen molar-refractivity contribution in [2.24, 2.45) is 13.0 Å². The van der Waals surface area contributed by atoms with E-state index in [1.165, 1.54) is 36.1 Å². The molecule has 29 heavy (non-hydrogen) atoms. The Morgan fingerprint density at radius 3 is 2.72 bits per heavy atom. The smallest absolute Gasteiger partial charge is 0.130 e. The molecular formula is C22H24BrClFN3O. The minimum absolute atomic E-state index is 0.385. The zero-order valence-corrected chi connectivity index (χ0v) is 19.1. The van der Waals surface area contributed by atoms with Gasteiger partial charge in [-0.15, -0.1) is 0 Å². The van der Waals surface area contributed by atoms with Crippen LogP contribution in [0.5, 0.6) is 0 Å². The largest absolute Gasteiger partial charge is 0.389 e. The minimum atomic E-state index is -0.817. The third-order valence-corrected chi connectivity index (χ3v) is 7.03. The molecule has 2 heterocycles. The van der Waals surface area contributed by atoms with Gasteiger partial charge in [0.1, 0.15) is 11.0 Å². The first-order valence-electron chi connectivity index (χ1n) is 9.79. The molecule has 1 aliphatic carbocycles. The lowest BCUT2D eigenvalue weighted by Crippen LogP contribution is -2.00. The van der Waals surface area contributed by atoms with Crippen molar-refractivity contribution in [3.8, 4) is 11.3 Å². The maximum absolute atomic E-state index is 13.8. The van der Waals surface area contributed by atoms with Crippen molar-refractivity contribution in [1.29, 1.82) is 0 Å². The topological polar surface area (TPSA) is 43.0 Å². The number of benzene rings is 1. The van der Waals surface area contributed by atoms with Crippen LogP contribution in [0.2, 0.25) is 5.15 Å². The summed E-state index contributed by atoms with van der Waals surface area (Å²) in [6.45, 7) is 4.76. The Labute approximate surface area is 183 Å². The second kappa shape index (κ2) is 7.89. The second-order valence-corrected chi connectivity index (χ2v) is 9.11. The van der Waals surface area contributed by atoms with Crippen LogP contribution in [0.4, 0.5) is 4.39 Å². The zero-order chi connectivity index (χ0) is 20.9. The summed E-state index contributed by atoms with van der Waals surface area (Å²) < 4.78 is 18.8. The fourth-order valence-electron chi connectivity index (χ4n) is 3.82. The van der Waals surface area contributed by atoms with Crippen LogP contribution in [0.1, 0.15) is 48.1 Å². The van der Waals surface area contributed by atoms with Crippen molar-refractivity contribution in [1.82, 2.24) is 14.3 Å². The first-order chi connectivity index (χ1) is 13.8. The van der Waals surface area contributed by atoms with Gasteiger partial charge in [0.15, 0.2) is 0 Å². The molecule has 4 rings (SSSR count). The van der Waals surface area contributed by atoms with Crippen LogP contribution in [0.25, 0.3) is 11.3 Å². The fraction of sp³-hybridized carbons (Fsp3) is 0.409. The molecule has 1 saturated carbocycles. The Bertz CT molecular complexity index is 1070. The molecule has 0 radical (unpaired) electrons. The monoisotopic (exact) mass is 479 g/mol. The van der Waals surface area contributed by atoms with Crippen LogP contribution >= 0.6 is 27.5 Å². The number of halogens is 3. The Hall–Kier alpha value is -1.63. The fourth-order valence-corrected chi connectivity index (χ4v) is 4.71. The van der Waals surface area contributed by atoms with E-state index in [9.17, 15) is 9.50 Å². The van der Waals surface area contributed by atoms with Gasteiger partial charge in [-0.3, -0.25) is 4.68 Å². The highest BCUT2D eigenvalue weighted by molar-refractivity contribution is 9.10. The molecule has 1 atom stereocenters. The molecular weight excluding hydrogens is 457 g/mol. The van der Waals surface area contributed by atoms with E-state index in [1.54, 1.807) is 24.7 Å². The molecule has 1 fully saturated rings. The number of aliphatic hydroxyl groups is 1. The number of aromatic nitrogens is 3. The lowest BCUT2D eigenvalue weighted by Gasteiger charge is -2.12. The Morgan fingerprint density at radius 1 is 1.34 bits per heavy atom. The lowest BCUT2D eigenvalue weighted by molar-refractivity contribution is 0.199. The molecule has 0 aliphatic heterocycles. The number of aryl methyl sites for hydroxylation is 2. The van der Waals surface area contributed by atoms with Crippen LogP contribution in [0.15, 0.2) is 29.0 Å². The van der Waals surface area contributed by atoms with Crippen molar-refractivity contribution in [3.05, 3.63) is 62.2 Å². The van der Waals surface area contributed by atoms with Crippen molar-refractivity contribution in [3.63, 3.8) is 0 Å². The molecule has 4 nitrogen and oxygen atoms in total. The van der Waals surface area contributed by atoms with E-state index in [0.717, 1.165) is 22.6 Å². The van der Waals surface area contributed by atoms with Gasteiger partial charge in [0, 0.05) is 37.3 Å². The maximum atomic E-state index is 13.8. The molecule has 0 bridgehead atoms. The first kappa shape index (κ1) is 20.6. The van der Waals surface area contributed by atoms with Crippen molar-refractivity contribution < 1.29 is 9.50 Å². The van der Waals surface area contributed by atoms with E-state index in [2.05, 4.69) is 38.7 Å². The maximum Gasteiger partial charge on any atom is 0.130 e. The molecule has 0 unspecified atom stereocenters. The average Bonchev–Trinajstić information content (AvgIpc) is 3.39. The Kier molecular flexibility index (Phi) is 5.62. The third kappa shape index (κ3) is 4.03. The van der Waals surface area contributed by atoms with Gasteiger partial charge < -0.3 is 9.67 Å². The highest BCUT2D eigenvalue weighted by Crippen LogP contribution is 2.38. The van der Waals surface area contributed by atoms with Crippen LogP contribution < -0.4 is 0 Å². The van der Waals surface area contributed by atoms with E-state index in [0.29, 0.717) is 28.4 Å². The summed E-state index contributed by atoms with van der Waals surface area (Å²) in [7, 11) is 1.79. The Morgan fingerprint density at radius 2 is 2.07 bits per heavy atom. The van der Waals surface area contributed by atoms with E-state index in [-0.39, 0.29) is 5.82 Å². The van der Waals surface area contributed by atoms with Gasteiger partial charge in [-0.1, -0.05) is 11.6 Å². The van der Waals surface area contributed by atoms with Gasteiger partial charge in [0.05, 0.1) is 16.4 Å². The summed E-state index contributed by atoms with van der Waals surface area (Å²) in [6, 6.07) is 4.42. The van der Waals surface area contributed by atoms with Crippen molar-refractivity contribution >= 4 is 27.5 Å². The predicted molar refractivity (Wildman–Crippen MR) is 117 cm³/mol. The molecule has 1 aromatic carbocycles. The van der Waals surface area contributed by atoms with Crippen molar-refractivity contribution in [2.75, 3.05) is 0 Å². The first-order valence-corrected chi connectivity index (χ1v) is 11.0. The average molecular weight is 481 g/mol. The van der Waals surface area contributed by atoms with E-state index >= 15 is 0 Å². The van der Waals surface area contributed by atoms with Crippen LogP contribution in [0.3, 0.4) is 0 Å². The van der Waals surface area contributed by atoms with Gasteiger partial charge in [-0.25, -0.2) is 4.39 Å². The van der Waals surface area contributed by atoms with Gasteiger partial charge in [-0.05, 0) is 83.4 Å². The van der Waals surface area contributed by atoms with Gasteiger partial charge >= 0.3 is 0 Å². The van der Waals surface area contributed by atoms with Crippen LogP contribution in [-0.4, -0.2) is 19.5 Å². The molecule has 3 aromatic rings.